The number of carboxylic acids is 1. The lowest BCUT2D eigenvalue weighted by atomic mass is 9.99. The number of pyridine rings is 1. The summed E-state index contributed by atoms with van der Waals surface area (Å²) < 4.78 is 11.8. The minimum absolute atomic E-state index is 0.137. The van der Waals surface area contributed by atoms with E-state index in [9.17, 15) is 24.9 Å². The molecule has 0 saturated carbocycles. The van der Waals surface area contributed by atoms with Gasteiger partial charge in [-0.05, 0) is 6.92 Å². The lowest BCUT2D eigenvalue weighted by molar-refractivity contribution is -0.271. The van der Waals surface area contributed by atoms with Gasteiger partial charge in [-0.1, -0.05) is 0 Å². The Kier molecular flexibility index (Phi) is 4.52. The number of aliphatic carboxylic acids is 1. The molecule has 1 aromatic heterocycles. The van der Waals surface area contributed by atoms with Gasteiger partial charge in [-0.15, -0.1) is 0 Å². The minimum atomic E-state index is -1.81. The van der Waals surface area contributed by atoms with E-state index in [1.807, 2.05) is 0 Å². The Morgan fingerprint density at radius 1 is 1.27 bits per heavy atom. The van der Waals surface area contributed by atoms with Gasteiger partial charge >= 0.3 is 5.97 Å². The molecule has 122 valence electrons. The van der Waals surface area contributed by atoms with E-state index in [0.717, 1.165) is 0 Å². The molecule has 0 spiro atoms. The summed E-state index contributed by atoms with van der Waals surface area (Å²) in [7, 11) is 1.67. The summed E-state index contributed by atoms with van der Waals surface area (Å²) in [4.78, 5) is 22.8. The maximum atomic E-state index is 11.8. The second kappa shape index (κ2) is 6.05. The monoisotopic (exact) mass is 315 g/mol. The van der Waals surface area contributed by atoms with Crippen LogP contribution in [0.4, 0.5) is 0 Å². The third kappa shape index (κ3) is 2.83. The van der Waals surface area contributed by atoms with E-state index in [1.165, 1.54) is 12.3 Å². The average molecular weight is 315 g/mol. The van der Waals surface area contributed by atoms with E-state index in [2.05, 4.69) is 0 Å². The van der Waals surface area contributed by atoms with Crippen LogP contribution in [0.1, 0.15) is 5.69 Å². The maximum absolute atomic E-state index is 11.8. The SMILES string of the molecule is Cc1c(O[C@H]2O[C@@H](C(=O)O)[C@H](O)[C@@H](O)[C@H]2O)c(=O)ccn1C. The van der Waals surface area contributed by atoms with Crippen molar-refractivity contribution in [2.45, 2.75) is 37.6 Å². The molecule has 1 aliphatic rings. The van der Waals surface area contributed by atoms with Gasteiger partial charge in [0.1, 0.15) is 18.3 Å². The molecule has 0 radical (unpaired) electrons. The zero-order valence-corrected chi connectivity index (χ0v) is 11.9. The molecule has 1 saturated heterocycles. The van der Waals surface area contributed by atoms with Gasteiger partial charge in [-0.2, -0.15) is 0 Å². The van der Waals surface area contributed by atoms with Crippen molar-refractivity contribution in [1.29, 1.82) is 0 Å². The zero-order valence-electron chi connectivity index (χ0n) is 11.9. The van der Waals surface area contributed by atoms with Gasteiger partial charge in [0.05, 0.1) is 5.69 Å². The predicted molar refractivity (Wildman–Crippen MR) is 71.4 cm³/mol. The van der Waals surface area contributed by atoms with E-state index in [1.54, 1.807) is 18.5 Å². The second-order valence-electron chi connectivity index (χ2n) is 5.06. The zero-order chi connectivity index (χ0) is 16.6. The van der Waals surface area contributed by atoms with Crippen molar-refractivity contribution in [3.63, 3.8) is 0 Å². The summed E-state index contributed by atoms with van der Waals surface area (Å²) in [6.07, 6.45) is -7.18. The molecule has 2 heterocycles. The van der Waals surface area contributed by atoms with Crippen LogP contribution in [0.2, 0.25) is 0 Å². The number of rotatable bonds is 3. The highest BCUT2D eigenvalue weighted by Crippen LogP contribution is 2.24. The lowest BCUT2D eigenvalue weighted by Crippen LogP contribution is -2.61. The Morgan fingerprint density at radius 3 is 2.50 bits per heavy atom. The van der Waals surface area contributed by atoms with Crippen molar-refractivity contribution in [3.05, 3.63) is 28.2 Å². The van der Waals surface area contributed by atoms with Crippen LogP contribution in [-0.4, -0.2) is 61.7 Å². The Morgan fingerprint density at radius 2 is 1.91 bits per heavy atom. The van der Waals surface area contributed by atoms with Crippen molar-refractivity contribution < 1.29 is 34.7 Å². The Labute approximate surface area is 125 Å². The van der Waals surface area contributed by atoms with Crippen LogP contribution in [0.5, 0.6) is 5.75 Å². The largest absolute Gasteiger partial charge is 0.479 e. The van der Waals surface area contributed by atoms with E-state index >= 15 is 0 Å². The van der Waals surface area contributed by atoms with Crippen LogP contribution in [0, 0.1) is 6.92 Å². The fourth-order valence-electron chi connectivity index (χ4n) is 2.11. The predicted octanol–water partition coefficient (Wildman–Crippen LogP) is -2.04. The molecule has 0 amide bonds. The first-order valence-electron chi connectivity index (χ1n) is 6.49. The summed E-state index contributed by atoms with van der Waals surface area (Å²) in [6, 6.07) is 1.23. The third-order valence-electron chi connectivity index (χ3n) is 3.58. The number of carbonyl (C=O) groups is 1. The molecular formula is C13H17NO8. The molecule has 22 heavy (non-hydrogen) atoms. The maximum Gasteiger partial charge on any atom is 0.335 e. The number of nitrogens with zero attached hydrogens (tertiary/aromatic N) is 1. The molecule has 4 N–H and O–H groups in total. The summed E-state index contributed by atoms with van der Waals surface area (Å²) in [6.45, 7) is 1.59. The van der Waals surface area contributed by atoms with Crippen molar-refractivity contribution in [2.24, 2.45) is 7.05 Å². The molecular weight excluding hydrogens is 298 g/mol. The van der Waals surface area contributed by atoms with E-state index in [0.29, 0.717) is 5.69 Å². The topological polar surface area (TPSA) is 138 Å². The Balaban J connectivity index is 2.31. The van der Waals surface area contributed by atoms with Crippen LogP contribution in [0.3, 0.4) is 0 Å². The number of aliphatic hydroxyl groups excluding tert-OH is 3. The van der Waals surface area contributed by atoms with Gasteiger partial charge < -0.3 is 34.5 Å². The number of aliphatic hydroxyl groups is 3. The fraction of sp³-hybridized carbons (Fsp3) is 0.538. The molecule has 0 bridgehead atoms. The van der Waals surface area contributed by atoms with Gasteiger partial charge in [0.2, 0.25) is 11.7 Å². The fourth-order valence-corrected chi connectivity index (χ4v) is 2.11. The molecule has 2 rings (SSSR count). The Bertz CT molecular complexity index is 627. The average Bonchev–Trinajstić information content (AvgIpc) is 2.47. The molecule has 0 aromatic carbocycles. The molecule has 9 nitrogen and oxygen atoms in total. The van der Waals surface area contributed by atoms with E-state index in [-0.39, 0.29) is 5.75 Å². The highest BCUT2D eigenvalue weighted by Gasteiger charge is 2.48. The number of carboxylic acid groups (broad SMARTS) is 1. The third-order valence-corrected chi connectivity index (χ3v) is 3.58. The number of aryl methyl sites for hydroxylation is 1. The van der Waals surface area contributed by atoms with Crippen molar-refractivity contribution in [3.8, 4) is 5.75 Å². The van der Waals surface area contributed by atoms with Gasteiger partial charge in [-0.25, -0.2) is 4.79 Å². The molecule has 1 aliphatic heterocycles. The summed E-state index contributed by atoms with van der Waals surface area (Å²) >= 11 is 0. The first-order chi connectivity index (χ1) is 10.2. The molecule has 5 atom stereocenters. The molecule has 9 heteroatoms. The molecule has 1 fully saturated rings. The summed E-state index contributed by atoms with van der Waals surface area (Å²) in [5.74, 6) is -1.66. The summed E-state index contributed by atoms with van der Waals surface area (Å²) in [5, 5.41) is 38.1. The van der Waals surface area contributed by atoms with Crippen molar-refractivity contribution in [1.82, 2.24) is 4.57 Å². The minimum Gasteiger partial charge on any atom is -0.479 e. The number of aromatic nitrogens is 1. The van der Waals surface area contributed by atoms with Crippen molar-refractivity contribution in [2.75, 3.05) is 0 Å². The number of ether oxygens (including phenoxy) is 2. The second-order valence-corrected chi connectivity index (χ2v) is 5.06. The van der Waals surface area contributed by atoms with Crippen LogP contribution >= 0.6 is 0 Å². The van der Waals surface area contributed by atoms with Gasteiger partial charge in [0, 0.05) is 19.3 Å². The van der Waals surface area contributed by atoms with E-state index < -0.39 is 42.1 Å². The Hall–Kier alpha value is -1.94. The smallest absolute Gasteiger partial charge is 0.335 e. The highest BCUT2D eigenvalue weighted by atomic mass is 16.7. The lowest BCUT2D eigenvalue weighted by Gasteiger charge is -2.38. The molecule has 1 aromatic rings. The summed E-state index contributed by atoms with van der Waals surface area (Å²) in [5.41, 5.74) is -0.0605. The number of hydrogen-bond donors (Lipinski definition) is 4. The van der Waals surface area contributed by atoms with Gasteiger partial charge in [0.25, 0.3) is 0 Å². The highest BCUT2D eigenvalue weighted by molar-refractivity contribution is 5.73. The van der Waals surface area contributed by atoms with Crippen molar-refractivity contribution >= 4 is 5.97 Å². The van der Waals surface area contributed by atoms with Crippen LogP contribution in [0.25, 0.3) is 0 Å². The normalized spacial score (nSPS) is 31.8. The van der Waals surface area contributed by atoms with Gasteiger partial charge in [-0.3, -0.25) is 4.79 Å². The van der Waals surface area contributed by atoms with Crippen LogP contribution < -0.4 is 10.2 Å². The number of hydrogen-bond acceptors (Lipinski definition) is 7. The van der Waals surface area contributed by atoms with Crippen LogP contribution in [0.15, 0.2) is 17.1 Å². The standard InChI is InChI=1S/C13H17NO8/c1-5-10(6(15)3-4-14(5)2)21-13-9(18)7(16)8(17)11(22-13)12(19)20/h3-4,7-9,11,13,16-18H,1-2H3,(H,19,20)/t7-,8-,9-,11-,13+/m1/s1. The molecule has 0 unspecified atom stereocenters. The van der Waals surface area contributed by atoms with Gasteiger partial charge in [0.15, 0.2) is 11.9 Å². The first-order valence-corrected chi connectivity index (χ1v) is 6.49. The molecule has 0 aliphatic carbocycles. The quantitative estimate of drug-likeness (QED) is 0.501. The van der Waals surface area contributed by atoms with Crippen LogP contribution in [-0.2, 0) is 16.6 Å². The van der Waals surface area contributed by atoms with E-state index in [4.69, 9.17) is 14.6 Å². The first kappa shape index (κ1) is 16.4.